The van der Waals surface area contributed by atoms with Gasteiger partial charge in [-0.15, -0.1) is 0 Å². The van der Waals surface area contributed by atoms with Crippen LogP contribution < -0.4 is 5.73 Å². The molecule has 0 saturated heterocycles. The van der Waals surface area contributed by atoms with Crippen molar-refractivity contribution in [1.82, 2.24) is 9.36 Å². The Morgan fingerprint density at radius 3 is 2.47 bits per heavy atom. The molecule has 2 aromatic rings. The Labute approximate surface area is 97.1 Å². The van der Waals surface area contributed by atoms with E-state index in [4.69, 9.17) is 5.73 Å². The van der Waals surface area contributed by atoms with Gasteiger partial charge in [0.2, 0.25) is 5.95 Å². The van der Waals surface area contributed by atoms with Gasteiger partial charge in [0.1, 0.15) is 10.8 Å². The molecule has 0 spiro atoms. The number of nitrogens with zero attached hydrogens (tertiary/aromatic N) is 2. The largest absolute Gasteiger partial charge is 0.419 e. The topological polar surface area (TPSA) is 51.8 Å². The van der Waals surface area contributed by atoms with Crippen LogP contribution in [0, 0.1) is 5.82 Å². The van der Waals surface area contributed by atoms with E-state index in [0.717, 1.165) is 17.6 Å². The van der Waals surface area contributed by atoms with E-state index >= 15 is 0 Å². The van der Waals surface area contributed by atoms with E-state index in [1.165, 1.54) is 6.07 Å². The van der Waals surface area contributed by atoms with Crippen LogP contribution in [0.1, 0.15) is 5.56 Å². The van der Waals surface area contributed by atoms with Crippen LogP contribution in [0.3, 0.4) is 0 Å². The molecule has 2 rings (SSSR count). The number of rotatable bonds is 1. The third kappa shape index (κ3) is 2.21. The van der Waals surface area contributed by atoms with E-state index in [1.54, 1.807) is 0 Å². The first-order chi connectivity index (χ1) is 7.89. The maximum atomic E-state index is 13.6. The molecule has 17 heavy (non-hydrogen) atoms. The van der Waals surface area contributed by atoms with Crippen molar-refractivity contribution in [2.45, 2.75) is 6.18 Å². The highest BCUT2D eigenvalue weighted by molar-refractivity contribution is 7.09. The number of hydrogen-bond acceptors (Lipinski definition) is 4. The van der Waals surface area contributed by atoms with Crippen LogP contribution in [-0.2, 0) is 6.18 Å². The molecule has 2 N–H and O–H groups in total. The lowest BCUT2D eigenvalue weighted by Crippen LogP contribution is -2.08. The molecule has 0 atom stereocenters. The van der Waals surface area contributed by atoms with Crippen molar-refractivity contribution < 1.29 is 17.6 Å². The zero-order valence-corrected chi connectivity index (χ0v) is 8.94. The Hall–Kier alpha value is -1.70. The van der Waals surface area contributed by atoms with Gasteiger partial charge < -0.3 is 5.73 Å². The molecule has 3 nitrogen and oxygen atoms in total. The maximum Gasteiger partial charge on any atom is 0.419 e. The third-order valence-corrected chi connectivity index (χ3v) is 2.74. The molecular formula is C9H5F4N3S. The molecule has 0 saturated carbocycles. The number of hydrogen-bond donors (Lipinski definition) is 1. The van der Waals surface area contributed by atoms with Gasteiger partial charge in [-0.1, -0.05) is 6.07 Å². The van der Waals surface area contributed by atoms with Gasteiger partial charge in [0, 0.05) is 5.56 Å². The average molecular weight is 263 g/mol. The molecule has 0 amide bonds. The molecule has 0 aliphatic carbocycles. The van der Waals surface area contributed by atoms with Gasteiger partial charge in [-0.2, -0.15) is 22.5 Å². The van der Waals surface area contributed by atoms with Crippen molar-refractivity contribution in [1.29, 1.82) is 0 Å². The molecule has 0 aliphatic heterocycles. The van der Waals surface area contributed by atoms with Crippen LogP contribution in [0.2, 0.25) is 0 Å². The molecule has 1 aromatic heterocycles. The predicted molar refractivity (Wildman–Crippen MR) is 54.7 cm³/mol. The second-order valence-corrected chi connectivity index (χ2v) is 3.87. The zero-order chi connectivity index (χ0) is 12.6. The molecule has 90 valence electrons. The summed E-state index contributed by atoms with van der Waals surface area (Å²) in [7, 11) is 0. The standard InChI is InChI=1S/C9H5F4N3S/c10-6-4(7-15-8(14)16-17-7)2-1-3-5(6)9(11,12)13/h1-3H,(H2,14,16). The number of aromatic nitrogens is 2. The summed E-state index contributed by atoms with van der Waals surface area (Å²) in [5.74, 6) is -1.46. The van der Waals surface area contributed by atoms with Crippen LogP contribution in [0.4, 0.5) is 23.5 Å². The number of nitrogen functional groups attached to an aromatic ring is 1. The third-order valence-electron chi connectivity index (χ3n) is 1.98. The first-order valence-electron chi connectivity index (χ1n) is 4.35. The number of anilines is 1. The Bertz CT molecular complexity index is 549. The van der Waals surface area contributed by atoms with Crippen LogP contribution in [0.15, 0.2) is 18.2 Å². The summed E-state index contributed by atoms with van der Waals surface area (Å²) in [6.45, 7) is 0. The van der Waals surface area contributed by atoms with E-state index in [-0.39, 0.29) is 16.5 Å². The molecule has 0 fully saturated rings. The Kier molecular flexibility index (Phi) is 2.74. The van der Waals surface area contributed by atoms with E-state index in [0.29, 0.717) is 6.07 Å². The summed E-state index contributed by atoms with van der Waals surface area (Å²) in [5.41, 5.74) is 3.65. The van der Waals surface area contributed by atoms with Crippen LogP contribution in [-0.4, -0.2) is 9.36 Å². The first-order valence-corrected chi connectivity index (χ1v) is 5.12. The minimum atomic E-state index is -4.74. The fourth-order valence-corrected chi connectivity index (χ4v) is 1.87. The van der Waals surface area contributed by atoms with Crippen molar-refractivity contribution in [3.63, 3.8) is 0 Å². The monoisotopic (exact) mass is 263 g/mol. The lowest BCUT2D eigenvalue weighted by molar-refractivity contribution is -0.139. The summed E-state index contributed by atoms with van der Waals surface area (Å²) in [6, 6.07) is 2.98. The van der Waals surface area contributed by atoms with Crippen molar-refractivity contribution >= 4 is 17.5 Å². The average Bonchev–Trinajstić information content (AvgIpc) is 2.63. The SMILES string of the molecule is Nc1nsc(-c2cccc(C(F)(F)F)c2F)n1. The van der Waals surface area contributed by atoms with Gasteiger partial charge in [0.15, 0.2) is 0 Å². The fourth-order valence-electron chi connectivity index (χ4n) is 1.26. The molecule has 0 unspecified atom stereocenters. The molecule has 0 radical (unpaired) electrons. The first kappa shape index (κ1) is 11.8. The maximum absolute atomic E-state index is 13.6. The molecule has 0 bridgehead atoms. The second-order valence-electron chi connectivity index (χ2n) is 3.12. The molecule has 1 aromatic carbocycles. The van der Waals surface area contributed by atoms with Gasteiger partial charge >= 0.3 is 6.18 Å². The zero-order valence-electron chi connectivity index (χ0n) is 8.12. The normalized spacial score (nSPS) is 11.8. The summed E-state index contributed by atoms with van der Waals surface area (Å²) >= 11 is 0.743. The second kappa shape index (κ2) is 3.95. The van der Waals surface area contributed by atoms with E-state index in [2.05, 4.69) is 9.36 Å². The van der Waals surface area contributed by atoms with E-state index in [1.807, 2.05) is 0 Å². The molecule has 8 heteroatoms. The van der Waals surface area contributed by atoms with Gasteiger partial charge in [-0.25, -0.2) is 4.39 Å². The lowest BCUT2D eigenvalue weighted by atomic mass is 10.1. The molecule has 0 aliphatic rings. The highest BCUT2D eigenvalue weighted by Crippen LogP contribution is 2.35. The predicted octanol–water partition coefficient (Wildman–Crippen LogP) is 2.95. The quantitative estimate of drug-likeness (QED) is 0.805. The number of benzene rings is 1. The van der Waals surface area contributed by atoms with Crippen molar-refractivity contribution in [2.75, 3.05) is 5.73 Å². The Balaban J connectivity index is 2.57. The minimum Gasteiger partial charge on any atom is -0.367 e. The smallest absolute Gasteiger partial charge is 0.367 e. The Morgan fingerprint density at radius 1 is 1.24 bits per heavy atom. The summed E-state index contributed by atoms with van der Waals surface area (Å²) in [6.07, 6.45) is -4.74. The van der Waals surface area contributed by atoms with Crippen molar-refractivity contribution in [3.05, 3.63) is 29.6 Å². The van der Waals surface area contributed by atoms with Crippen molar-refractivity contribution in [2.24, 2.45) is 0 Å². The Morgan fingerprint density at radius 2 is 1.94 bits per heavy atom. The van der Waals surface area contributed by atoms with Crippen LogP contribution in [0.25, 0.3) is 10.6 Å². The minimum absolute atomic E-state index is 0.0195. The number of alkyl halides is 3. The van der Waals surface area contributed by atoms with Gasteiger partial charge in [-0.3, -0.25) is 0 Å². The summed E-state index contributed by atoms with van der Waals surface area (Å²) in [4.78, 5) is 3.64. The number of halogens is 4. The highest BCUT2D eigenvalue weighted by Gasteiger charge is 2.35. The fraction of sp³-hybridized carbons (Fsp3) is 0.111. The van der Waals surface area contributed by atoms with Crippen molar-refractivity contribution in [3.8, 4) is 10.6 Å². The summed E-state index contributed by atoms with van der Waals surface area (Å²) in [5, 5.41) is 0.0195. The van der Waals surface area contributed by atoms with Crippen LogP contribution in [0.5, 0.6) is 0 Å². The van der Waals surface area contributed by atoms with Gasteiger partial charge in [0.05, 0.1) is 5.56 Å². The number of nitrogens with two attached hydrogens (primary N) is 1. The lowest BCUT2D eigenvalue weighted by Gasteiger charge is -2.09. The van der Waals surface area contributed by atoms with E-state index in [9.17, 15) is 17.6 Å². The van der Waals surface area contributed by atoms with Gasteiger partial charge in [-0.05, 0) is 23.7 Å². The van der Waals surface area contributed by atoms with E-state index < -0.39 is 17.6 Å². The molecular weight excluding hydrogens is 258 g/mol. The highest BCUT2D eigenvalue weighted by atomic mass is 32.1. The molecule has 1 heterocycles. The van der Waals surface area contributed by atoms with Crippen LogP contribution >= 0.6 is 11.5 Å². The summed E-state index contributed by atoms with van der Waals surface area (Å²) < 4.78 is 54.6. The van der Waals surface area contributed by atoms with Gasteiger partial charge in [0.25, 0.3) is 0 Å².